The Kier molecular flexibility index (Phi) is 4.80. The number of aryl methyl sites for hydroxylation is 1. The third-order valence-corrected chi connectivity index (χ3v) is 4.37. The molecule has 1 N–H and O–H groups in total. The van der Waals surface area contributed by atoms with Gasteiger partial charge in [-0.15, -0.1) is 0 Å². The first kappa shape index (κ1) is 17.8. The number of aromatic nitrogens is 2. The van der Waals surface area contributed by atoms with E-state index in [0.29, 0.717) is 11.5 Å². The Labute approximate surface area is 160 Å². The van der Waals surface area contributed by atoms with Gasteiger partial charge in [-0.1, -0.05) is 12.1 Å². The molecule has 2 aromatic carbocycles. The van der Waals surface area contributed by atoms with Crippen molar-refractivity contribution in [1.29, 1.82) is 0 Å². The number of nitrogens with zero attached hydrogens (tertiary/aromatic N) is 2. The van der Waals surface area contributed by atoms with Crippen molar-refractivity contribution < 1.29 is 18.3 Å². The van der Waals surface area contributed by atoms with Crippen LogP contribution in [0.5, 0.6) is 5.75 Å². The molecule has 4 aromatic rings. The highest BCUT2D eigenvalue weighted by atomic mass is 19.1. The summed E-state index contributed by atoms with van der Waals surface area (Å²) in [6, 6.07) is 16.7. The summed E-state index contributed by atoms with van der Waals surface area (Å²) in [7, 11) is 1.91. The van der Waals surface area contributed by atoms with Gasteiger partial charge < -0.3 is 19.0 Å². The minimum Gasteiger partial charge on any atom is -0.486 e. The van der Waals surface area contributed by atoms with Crippen molar-refractivity contribution in [1.82, 2.24) is 14.9 Å². The summed E-state index contributed by atoms with van der Waals surface area (Å²) in [5.41, 5.74) is 1.89. The molecule has 6 nitrogen and oxygen atoms in total. The summed E-state index contributed by atoms with van der Waals surface area (Å²) in [5, 5.41) is 2.81. The Morgan fingerprint density at radius 3 is 2.71 bits per heavy atom. The first-order chi connectivity index (χ1) is 13.6. The van der Waals surface area contributed by atoms with E-state index < -0.39 is 0 Å². The van der Waals surface area contributed by atoms with Crippen LogP contribution in [0.4, 0.5) is 4.39 Å². The molecule has 0 aliphatic heterocycles. The molecule has 0 unspecified atom stereocenters. The molecule has 4 rings (SSSR count). The van der Waals surface area contributed by atoms with Gasteiger partial charge in [-0.05, 0) is 48.5 Å². The van der Waals surface area contributed by atoms with Gasteiger partial charge >= 0.3 is 0 Å². The van der Waals surface area contributed by atoms with E-state index >= 15 is 0 Å². The van der Waals surface area contributed by atoms with Crippen molar-refractivity contribution in [3.63, 3.8) is 0 Å². The maximum Gasteiger partial charge on any atom is 0.287 e. The van der Waals surface area contributed by atoms with Crippen LogP contribution in [-0.4, -0.2) is 15.5 Å². The lowest BCUT2D eigenvalue weighted by Gasteiger charge is -2.05. The van der Waals surface area contributed by atoms with Gasteiger partial charge in [0.05, 0.1) is 17.6 Å². The second-order valence-electron chi connectivity index (χ2n) is 6.27. The number of rotatable bonds is 6. The molecule has 7 heteroatoms. The summed E-state index contributed by atoms with van der Waals surface area (Å²) in [5.74, 6) is 1.30. The molecule has 1 amide bonds. The summed E-state index contributed by atoms with van der Waals surface area (Å²) in [6.45, 7) is 0.426. The number of amides is 1. The zero-order chi connectivity index (χ0) is 19.5. The smallest absolute Gasteiger partial charge is 0.287 e. The number of carbonyl (C=O) groups is 1. The van der Waals surface area contributed by atoms with Crippen LogP contribution in [0.1, 0.15) is 22.1 Å². The van der Waals surface area contributed by atoms with Gasteiger partial charge in [0.2, 0.25) is 0 Å². The Morgan fingerprint density at radius 2 is 1.93 bits per heavy atom. The fraction of sp³-hybridized carbons (Fsp3) is 0.143. The molecule has 28 heavy (non-hydrogen) atoms. The minimum absolute atomic E-state index is 0.143. The normalized spacial score (nSPS) is 10.9. The van der Waals surface area contributed by atoms with Gasteiger partial charge in [0.25, 0.3) is 5.91 Å². The molecule has 2 heterocycles. The van der Waals surface area contributed by atoms with Crippen molar-refractivity contribution in [3.8, 4) is 5.75 Å². The average molecular weight is 379 g/mol. The molecule has 0 spiro atoms. The third-order valence-electron chi connectivity index (χ3n) is 4.37. The number of hydrogen-bond acceptors (Lipinski definition) is 4. The van der Waals surface area contributed by atoms with Crippen LogP contribution in [0.3, 0.4) is 0 Å². The third kappa shape index (κ3) is 3.73. The van der Waals surface area contributed by atoms with E-state index in [1.54, 1.807) is 12.1 Å². The maximum atomic E-state index is 12.9. The van der Waals surface area contributed by atoms with Gasteiger partial charge in [-0.2, -0.15) is 0 Å². The fourth-order valence-electron chi connectivity index (χ4n) is 2.86. The van der Waals surface area contributed by atoms with E-state index in [-0.39, 0.29) is 30.6 Å². The number of furan rings is 1. The molecular formula is C21H18FN3O3. The molecule has 0 saturated carbocycles. The molecule has 0 aliphatic rings. The Balaban J connectivity index is 1.36. The van der Waals surface area contributed by atoms with E-state index in [9.17, 15) is 9.18 Å². The topological polar surface area (TPSA) is 69.3 Å². The van der Waals surface area contributed by atoms with E-state index in [1.807, 2.05) is 35.9 Å². The highest BCUT2D eigenvalue weighted by Crippen LogP contribution is 2.16. The van der Waals surface area contributed by atoms with Crippen LogP contribution in [0.2, 0.25) is 0 Å². The molecule has 0 atom stereocenters. The minimum atomic E-state index is -0.333. The fourth-order valence-corrected chi connectivity index (χ4v) is 2.86. The highest BCUT2D eigenvalue weighted by molar-refractivity contribution is 5.91. The molecule has 0 radical (unpaired) electrons. The monoisotopic (exact) mass is 379 g/mol. The predicted molar refractivity (Wildman–Crippen MR) is 101 cm³/mol. The lowest BCUT2D eigenvalue weighted by atomic mass is 10.3. The first-order valence-electron chi connectivity index (χ1n) is 8.76. The highest BCUT2D eigenvalue weighted by Gasteiger charge is 2.13. The second kappa shape index (κ2) is 7.56. The van der Waals surface area contributed by atoms with Crippen molar-refractivity contribution >= 4 is 16.9 Å². The number of halogens is 1. The van der Waals surface area contributed by atoms with Crippen LogP contribution >= 0.6 is 0 Å². The van der Waals surface area contributed by atoms with Gasteiger partial charge in [-0.25, -0.2) is 9.37 Å². The number of para-hydroxylation sites is 2. The number of nitrogens with one attached hydrogen (secondary N) is 1. The average Bonchev–Trinajstić information content (AvgIpc) is 3.31. The first-order valence-corrected chi connectivity index (χ1v) is 8.76. The quantitative estimate of drug-likeness (QED) is 0.553. The van der Waals surface area contributed by atoms with Crippen molar-refractivity contribution in [2.24, 2.45) is 7.05 Å². The van der Waals surface area contributed by atoms with E-state index in [4.69, 9.17) is 9.15 Å². The standard InChI is InChI=1S/C21H18FN3O3/c1-25-18-5-3-2-4-17(18)24-20(25)12-23-21(26)19-11-10-16(28-19)13-27-15-8-6-14(22)7-9-15/h2-11H,12-13H2,1H3,(H,23,26). The van der Waals surface area contributed by atoms with Crippen LogP contribution in [0.25, 0.3) is 11.0 Å². The van der Waals surface area contributed by atoms with Crippen LogP contribution in [0, 0.1) is 5.82 Å². The zero-order valence-corrected chi connectivity index (χ0v) is 15.2. The summed E-state index contributed by atoms with van der Waals surface area (Å²) in [4.78, 5) is 16.9. The molecule has 0 fully saturated rings. The predicted octanol–water partition coefficient (Wildman–Crippen LogP) is 3.81. The Bertz CT molecular complexity index is 1120. The van der Waals surface area contributed by atoms with Crippen molar-refractivity contribution in [2.45, 2.75) is 13.2 Å². The Hall–Kier alpha value is -3.61. The van der Waals surface area contributed by atoms with Gasteiger partial charge in [0, 0.05) is 7.05 Å². The van der Waals surface area contributed by atoms with Crippen LogP contribution in [-0.2, 0) is 20.2 Å². The zero-order valence-electron chi connectivity index (χ0n) is 15.2. The SMILES string of the molecule is Cn1c(CNC(=O)c2ccc(COc3ccc(F)cc3)o2)nc2ccccc21. The molecule has 0 aliphatic carbocycles. The van der Waals surface area contributed by atoms with E-state index in [1.165, 1.54) is 24.3 Å². The lowest BCUT2D eigenvalue weighted by Crippen LogP contribution is -2.24. The Morgan fingerprint density at radius 1 is 1.14 bits per heavy atom. The summed E-state index contributed by atoms with van der Waals surface area (Å²) < 4.78 is 25.9. The number of hydrogen-bond donors (Lipinski definition) is 1. The van der Waals surface area contributed by atoms with E-state index in [0.717, 1.165) is 16.9 Å². The van der Waals surface area contributed by atoms with Crippen molar-refractivity contribution in [3.05, 3.63) is 83.8 Å². The second-order valence-corrected chi connectivity index (χ2v) is 6.27. The largest absolute Gasteiger partial charge is 0.486 e. The number of benzene rings is 2. The molecule has 2 aromatic heterocycles. The molecule has 0 saturated heterocycles. The molecule has 142 valence electrons. The van der Waals surface area contributed by atoms with E-state index in [2.05, 4.69) is 10.3 Å². The van der Waals surface area contributed by atoms with Crippen molar-refractivity contribution in [2.75, 3.05) is 0 Å². The van der Waals surface area contributed by atoms with Crippen LogP contribution < -0.4 is 10.1 Å². The van der Waals surface area contributed by atoms with Gasteiger partial charge in [-0.3, -0.25) is 4.79 Å². The molecule has 0 bridgehead atoms. The number of carbonyl (C=O) groups excluding carboxylic acids is 1. The van der Waals surface area contributed by atoms with Gasteiger partial charge in [0.15, 0.2) is 5.76 Å². The molecular weight excluding hydrogens is 361 g/mol. The summed E-state index contributed by atoms with van der Waals surface area (Å²) in [6.07, 6.45) is 0. The van der Waals surface area contributed by atoms with Gasteiger partial charge in [0.1, 0.15) is 29.8 Å². The number of imidazole rings is 1. The number of ether oxygens (including phenoxy) is 1. The maximum absolute atomic E-state index is 12.9. The number of fused-ring (bicyclic) bond motifs is 1. The van der Waals surface area contributed by atoms with Crippen LogP contribution in [0.15, 0.2) is 65.1 Å². The lowest BCUT2D eigenvalue weighted by molar-refractivity contribution is 0.0917. The summed E-state index contributed by atoms with van der Waals surface area (Å²) >= 11 is 0.